The van der Waals surface area contributed by atoms with Crippen molar-refractivity contribution in [2.75, 3.05) is 0 Å². The van der Waals surface area contributed by atoms with E-state index in [1.54, 1.807) is 24.5 Å². The van der Waals surface area contributed by atoms with E-state index in [0.717, 1.165) is 11.1 Å². The number of aromatic nitrogens is 2. The van der Waals surface area contributed by atoms with Crippen LogP contribution >= 0.6 is 22.9 Å². The van der Waals surface area contributed by atoms with Gasteiger partial charge < -0.3 is 4.42 Å². The third-order valence-electron chi connectivity index (χ3n) is 4.06. The molecule has 3 aromatic heterocycles. The van der Waals surface area contributed by atoms with Gasteiger partial charge in [0.1, 0.15) is 27.5 Å². The monoisotopic (exact) mass is 405 g/mol. The van der Waals surface area contributed by atoms with Crippen LogP contribution in [0, 0.1) is 11.3 Å². The largest absolute Gasteiger partial charge is 0.459 e. The maximum Gasteiger partial charge on any atom is 0.183 e. The Bertz CT molecular complexity index is 1180. The van der Waals surface area contributed by atoms with Gasteiger partial charge in [0.15, 0.2) is 10.9 Å². The average molecular weight is 406 g/mol. The second-order valence-corrected chi connectivity index (χ2v) is 7.26. The van der Waals surface area contributed by atoms with Crippen molar-refractivity contribution < 1.29 is 9.21 Å². The third kappa shape index (κ3) is 3.58. The van der Waals surface area contributed by atoms with E-state index in [-0.39, 0.29) is 17.4 Å². The molecule has 0 aliphatic heterocycles. The highest BCUT2D eigenvalue weighted by Crippen LogP contribution is 2.32. The molecule has 0 unspecified atom stereocenters. The molecule has 28 heavy (non-hydrogen) atoms. The highest BCUT2D eigenvalue weighted by molar-refractivity contribution is 7.17. The molecule has 1 aromatic carbocycles. The number of hydrogen-bond acceptors (Lipinski definition) is 6. The van der Waals surface area contributed by atoms with E-state index in [1.165, 1.54) is 11.3 Å². The summed E-state index contributed by atoms with van der Waals surface area (Å²) in [5.41, 5.74) is 1.96. The maximum absolute atomic E-state index is 12.8. The number of halogens is 1. The number of nitrogens with zero attached hydrogens (tertiary/aromatic N) is 3. The lowest BCUT2D eigenvalue weighted by atomic mass is 10.1. The van der Waals surface area contributed by atoms with Gasteiger partial charge in [-0.05, 0) is 12.1 Å². The SMILES string of the molecule is N#Cc1cc(-c2ccccc2)oc1CC(=O)c1sc(-c2cccnc2)nc1Cl. The number of Topliss-reactive ketones (excluding diaryl/α,β-unsaturated/α-hetero) is 1. The first-order valence-electron chi connectivity index (χ1n) is 8.34. The number of carbonyl (C=O) groups is 1. The third-order valence-corrected chi connectivity index (χ3v) is 5.59. The van der Waals surface area contributed by atoms with E-state index in [0.29, 0.717) is 27.0 Å². The normalized spacial score (nSPS) is 10.6. The summed E-state index contributed by atoms with van der Waals surface area (Å²) >= 11 is 7.39. The smallest absolute Gasteiger partial charge is 0.183 e. The summed E-state index contributed by atoms with van der Waals surface area (Å²) < 4.78 is 5.80. The molecule has 4 aromatic rings. The lowest BCUT2D eigenvalue weighted by Gasteiger charge is -1.98. The van der Waals surface area contributed by atoms with Gasteiger partial charge in [0, 0.05) is 29.6 Å². The predicted molar refractivity (Wildman–Crippen MR) is 107 cm³/mol. The van der Waals surface area contributed by atoms with Gasteiger partial charge in [-0.15, -0.1) is 11.3 Å². The van der Waals surface area contributed by atoms with E-state index >= 15 is 0 Å². The first kappa shape index (κ1) is 18.1. The molecule has 0 aliphatic carbocycles. The van der Waals surface area contributed by atoms with Crippen molar-refractivity contribution in [3.8, 4) is 28.0 Å². The lowest BCUT2D eigenvalue weighted by Crippen LogP contribution is -2.02. The fourth-order valence-electron chi connectivity index (χ4n) is 2.71. The molecular weight excluding hydrogens is 394 g/mol. The molecular formula is C21H12ClN3O2S. The summed E-state index contributed by atoms with van der Waals surface area (Å²) in [5, 5.41) is 10.2. The van der Waals surface area contributed by atoms with E-state index in [9.17, 15) is 10.1 Å². The van der Waals surface area contributed by atoms with Gasteiger partial charge >= 0.3 is 0 Å². The van der Waals surface area contributed by atoms with Crippen molar-refractivity contribution in [2.45, 2.75) is 6.42 Å². The summed E-state index contributed by atoms with van der Waals surface area (Å²) in [6.45, 7) is 0. The van der Waals surface area contributed by atoms with Crippen LogP contribution in [0.2, 0.25) is 5.15 Å². The number of hydrogen-bond donors (Lipinski definition) is 0. The lowest BCUT2D eigenvalue weighted by molar-refractivity contribution is 0.0991. The molecule has 0 amide bonds. The first-order valence-corrected chi connectivity index (χ1v) is 9.53. The number of pyridine rings is 1. The number of benzene rings is 1. The van der Waals surface area contributed by atoms with Gasteiger partial charge in [-0.1, -0.05) is 41.9 Å². The highest BCUT2D eigenvalue weighted by Gasteiger charge is 2.22. The van der Waals surface area contributed by atoms with Crippen molar-refractivity contribution >= 4 is 28.7 Å². The molecule has 3 heterocycles. The first-order chi connectivity index (χ1) is 13.7. The Kier molecular flexibility index (Phi) is 5.02. The summed E-state index contributed by atoms with van der Waals surface area (Å²) in [6.07, 6.45) is 3.26. The zero-order valence-corrected chi connectivity index (χ0v) is 16.0. The van der Waals surface area contributed by atoms with Gasteiger partial charge in [-0.2, -0.15) is 5.26 Å². The minimum atomic E-state index is -0.247. The van der Waals surface area contributed by atoms with E-state index in [1.807, 2.05) is 36.4 Å². The van der Waals surface area contributed by atoms with Crippen LogP contribution < -0.4 is 0 Å². The average Bonchev–Trinajstić information content (AvgIpc) is 3.33. The van der Waals surface area contributed by atoms with E-state index < -0.39 is 0 Å². The fourth-order valence-corrected chi connectivity index (χ4v) is 3.95. The highest BCUT2D eigenvalue weighted by atomic mass is 35.5. The minimum Gasteiger partial charge on any atom is -0.459 e. The molecule has 0 N–H and O–H groups in total. The number of ketones is 1. The quantitative estimate of drug-likeness (QED) is 0.414. The van der Waals surface area contributed by atoms with Crippen LogP contribution in [0.15, 0.2) is 65.3 Å². The molecule has 0 saturated heterocycles. The summed E-state index contributed by atoms with van der Waals surface area (Å²) in [6, 6.07) is 16.8. The van der Waals surface area contributed by atoms with Crippen LogP contribution in [0.5, 0.6) is 0 Å². The zero-order chi connectivity index (χ0) is 19.5. The van der Waals surface area contributed by atoms with Crippen LogP contribution in [-0.2, 0) is 6.42 Å². The van der Waals surface area contributed by atoms with Crippen molar-refractivity contribution in [2.24, 2.45) is 0 Å². The van der Waals surface area contributed by atoms with Crippen LogP contribution in [0.4, 0.5) is 0 Å². The molecule has 5 nitrogen and oxygen atoms in total. The van der Waals surface area contributed by atoms with Gasteiger partial charge in [-0.3, -0.25) is 9.78 Å². The number of furan rings is 1. The van der Waals surface area contributed by atoms with Crippen LogP contribution in [0.3, 0.4) is 0 Å². The summed E-state index contributed by atoms with van der Waals surface area (Å²) in [7, 11) is 0. The van der Waals surface area contributed by atoms with Crippen molar-refractivity contribution in [1.82, 2.24) is 9.97 Å². The standard InChI is InChI=1S/C21H12ClN3O2S/c22-20-19(28-21(25-20)14-7-4-8-24-12-14)16(26)10-18-15(11-23)9-17(27-18)13-5-2-1-3-6-13/h1-9,12H,10H2. The Morgan fingerprint density at radius 2 is 1.96 bits per heavy atom. The van der Waals surface area contributed by atoms with Crippen LogP contribution in [-0.4, -0.2) is 15.8 Å². The fraction of sp³-hybridized carbons (Fsp3) is 0.0476. The molecule has 0 bridgehead atoms. The molecule has 0 aliphatic rings. The van der Waals surface area contributed by atoms with Gasteiger partial charge in [-0.25, -0.2) is 4.98 Å². The topological polar surface area (TPSA) is 79.8 Å². The van der Waals surface area contributed by atoms with Gasteiger partial charge in [0.25, 0.3) is 0 Å². The number of nitriles is 1. The van der Waals surface area contributed by atoms with Gasteiger partial charge in [0.05, 0.1) is 12.0 Å². The van der Waals surface area contributed by atoms with Crippen LogP contribution in [0.25, 0.3) is 21.9 Å². The predicted octanol–water partition coefficient (Wildman–Crippen LogP) is 5.42. The Hall–Kier alpha value is -3.27. The van der Waals surface area contributed by atoms with Crippen molar-refractivity contribution in [3.05, 3.63) is 82.3 Å². The van der Waals surface area contributed by atoms with Crippen LogP contribution in [0.1, 0.15) is 21.0 Å². The summed E-state index contributed by atoms with van der Waals surface area (Å²) in [4.78, 5) is 21.5. The van der Waals surface area contributed by atoms with Gasteiger partial charge in [0.2, 0.25) is 0 Å². The number of thiazole rings is 1. The molecule has 0 saturated carbocycles. The molecule has 7 heteroatoms. The molecule has 136 valence electrons. The second-order valence-electron chi connectivity index (χ2n) is 5.91. The summed E-state index contributed by atoms with van der Waals surface area (Å²) in [5.74, 6) is 0.619. The minimum absolute atomic E-state index is 0.0654. The van der Waals surface area contributed by atoms with E-state index in [4.69, 9.17) is 16.0 Å². The Morgan fingerprint density at radius 1 is 1.18 bits per heavy atom. The molecule has 0 atom stereocenters. The Morgan fingerprint density at radius 3 is 2.68 bits per heavy atom. The maximum atomic E-state index is 12.8. The Balaban J connectivity index is 1.62. The molecule has 4 rings (SSSR count). The number of carbonyl (C=O) groups excluding carboxylic acids is 1. The Labute approximate surface area is 169 Å². The second kappa shape index (κ2) is 7.77. The molecule has 0 fully saturated rings. The van der Waals surface area contributed by atoms with E-state index in [2.05, 4.69) is 16.0 Å². The van der Waals surface area contributed by atoms with Crippen molar-refractivity contribution in [3.63, 3.8) is 0 Å². The number of rotatable bonds is 5. The molecule has 0 spiro atoms. The van der Waals surface area contributed by atoms with Crippen molar-refractivity contribution in [1.29, 1.82) is 5.26 Å². The zero-order valence-electron chi connectivity index (χ0n) is 14.4. The molecule has 0 radical (unpaired) electrons.